The highest BCUT2D eigenvalue weighted by Gasteiger charge is 2.46. The van der Waals surface area contributed by atoms with Crippen molar-refractivity contribution < 1.29 is 0 Å². The maximum absolute atomic E-state index is 5.15. The van der Waals surface area contributed by atoms with E-state index in [2.05, 4.69) is 231 Å². The Kier molecular flexibility index (Phi) is 9.09. The number of nitrogens with zero attached hydrogens (tertiary/aromatic N) is 2. The second-order valence-corrected chi connectivity index (χ2v) is 15.7. The fourth-order valence-corrected chi connectivity index (χ4v) is 9.38. The van der Waals surface area contributed by atoms with Crippen molar-refractivity contribution in [3.63, 3.8) is 0 Å². The fourth-order valence-electron chi connectivity index (χ4n) is 9.38. The van der Waals surface area contributed by atoms with Gasteiger partial charge in [-0.15, -0.1) is 0 Å². The average molecular weight is 777 g/mol. The number of fused-ring (bicyclic) bond motifs is 3. The van der Waals surface area contributed by atoms with E-state index in [1.807, 2.05) is 12.1 Å². The third-order valence-electron chi connectivity index (χ3n) is 12.2. The van der Waals surface area contributed by atoms with Crippen LogP contribution in [0.5, 0.6) is 0 Å². The minimum atomic E-state index is -0.503. The molecule has 10 aromatic rings. The van der Waals surface area contributed by atoms with E-state index < -0.39 is 5.41 Å². The van der Waals surface area contributed by atoms with Crippen LogP contribution < -0.4 is 0 Å². The Bertz CT molecular complexity index is 3060. The smallest absolute Gasteiger partial charge is 0.160 e. The van der Waals surface area contributed by atoms with Crippen LogP contribution in [0, 0.1) is 0 Å². The minimum Gasteiger partial charge on any atom is -0.228 e. The van der Waals surface area contributed by atoms with Gasteiger partial charge in [-0.1, -0.05) is 212 Å². The zero-order chi connectivity index (χ0) is 40.6. The van der Waals surface area contributed by atoms with Gasteiger partial charge in [-0.25, -0.2) is 9.97 Å². The van der Waals surface area contributed by atoms with E-state index >= 15 is 0 Å². The molecule has 0 saturated carbocycles. The van der Waals surface area contributed by atoms with Crippen molar-refractivity contribution in [1.82, 2.24) is 9.97 Å². The summed E-state index contributed by atoms with van der Waals surface area (Å²) in [4.78, 5) is 10.3. The summed E-state index contributed by atoms with van der Waals surface area (Å²) >= 11 is 0. The standard InChI is InChI=1S/C59H40N2/c1-6-20-41(21-7-1)51-38-53-50-34-16-17-35-54(50)59(48-30-12-4-13-31-48,49-32-14-5-15-33-49)55(53)39-52(51)46-28-18-26-44(36-46)45-27-19-29-47(37-45)58-60-56(42-22-8-2-9-23-42)40-57(61-58)43-24-10-3-11-25-43/h1-40H. The van der Waals surface area contributed by atoms with E-state index in [1.165, 1.54) is 50.1 Å². The Labute approximate surface area is 357 Å². The highest BCUT2D eigenvalue weighted by atomic mass is 14.9. The van der Waals surface area contributed by atoms with Gasteiger partial charge >= 0.3 is 0 Å². The molecule has 1 aliphatic rings. The molecule has 0 spiro atoms. The molecule has 2 heteroatoms. The maximum Gasteiger partial charge on any atom is 0.160 e. The van der Waals surface area contributed by atoms with E-state index in [1.54, 1.807) is 0 Å². The van der Waals surface area contributed by atoms with Crippen LogP contribution in [-0.4, -0.2) is 9.97 Å². The van der Waals surface area contributed by atoms with Gasteiger partial charge in [-0.05, 0) is 97.1 Å². The van der Waals surface area contributed by atoms with E-state index in [-0.39, 0.29) is 0 Å². The van der Waals surface area contributed by atoms with E-state index in [0.717, 1.165) is 44.8 Å². The Balaban J connectivity index is 1.09. The van der Waals surface area contributed by atoms with Crippen LogP contribution in [-0.2, 0) is 5.41 Å². The van der Waals surface area contributed by atoms with Crippen molar-refractivity contribution in [2.45, 2.75) is 5.41 Å². The number of aromatic nitrogens is 2. The highest BCUT2D eigenvalue weighted by Crippen LogP contribution is 2.58. The van der Waals surface area contributed by atoms with Gasteiger partial charge in [0.1, 0.15) is 0 Å². The largest absolute Gasteiger partial charge is 0.228 e. The third kappa shape index (κ3) is 6.37. The summed E-state index contributed by atoms with van der Waals surface area (Å²) in [6.45, 7) is 0. The van der Waals surface area contributed by atoms with Crippen molar-refractivity contribution in [2.75, 3.05) is 0 Å². The third-order valence-corrected chi connectivity index (χ3v) is 12.2. The molecule has 1 heterocycles. The van der Waals surface area contributed by atoms with Crippen LogP contribution in [0.25, 0.3) is 78.4 Å². The molecular weight excluding hydrogens is 737 g/mol. The quantitative estimate of drug-likeness (QED) is 0.154. The molecule has 0 atom stereocenters. The van der Waals surface area contributed by atoms with E-state index in [9.17, 15) is 0 Å². The fraction of sp³-hybridized carbons (Fsp3) is 0.0169. The van der Waals surface area contributed by atoms with Gasteiger partial charge in [-0.2, -0.15) is 0 Å². The van der Waals surface area contributed by atoms with Crippen LogP contribution >= 0.6 is 0 Å². The molecule has 2 nitrogen and oxygen atoms in total. The Morgan fingerprint density at radius 3 is 1.25 bits per heavy atom. The van der Waals surface area contributed by atoms with Gasteiger partial charge in [0.25, 0.3) is 0 Å². The Morgan fingerprint density at radius 1 is 0.246 bits per heavy atom. The molecule has 0 fully saturated rings. The summed E-state index contributed by atoms with van der Waals surface area (Å²) in [6.07, 6.45) is 0. The van der Waals surface area contributed by atoms with Gasteiger partial charge in [0, 0.05) is 16.7 Å². The van der Waals surface area contributed by atoms with Crippen molar-refractivity contribution in [1.29, 1.82) is 0 Å². The van der Waals surface area contributed by atoms with Crippen molar-refractivity contribution in [2.24, 2.45) is 0 Å². The Morgan fingerprint density at radius 2 is 0.672 bits per heavy atom. The highest BCUT2D eigenvalue weighted by molar-refractivity contribution is 5.95. The van der Waals surface area contributed by atoms with Gasteiger partial charge in [0.05, 0.1) is 16.8 Å². The molecule has 9 aromatic carbocycles. The molecule has 1 aromatic heterocycles. The molecule has 0 N–H and O–H groups in total. The zero-order valence-corrected chi connectivity index (χ0v) is 33.5. The second-order valence-electron chi connectivity index (χ2n) is 15.7. The summed E-state index contributed by atoms with van der Waals surface area (Å²) in [6, 6.07) is 87.3. The molecule has 286 valence electrons. The topological polar surface area (TPSA) is 25.8 Å². The van der Waals surface area contributed by atoms with Crippen LogP contribution in [0.15, 0.2) is 243 Å². The summed E-state index contributed by atoms with van der Waals surface area (Å²) in [5.74, 6) is 0.695. The summed E-state index contributed by atoms with van der Waals surface area (Å²) in [5, 5.41) is 0. The predicted molar refractivity (Wildman–Crippen MR) is 252 cm³/mol. The zero-order valence-electron chi connectivity index (χ0n) is 33.5. The van der Waals surface area contributed by atoms with Crippen molar-refractivity contribution in [3.05, 3.63) is 265 Å². The number of rotatable bonds is 8. The minimum absolute atomic E-state index is 0.503. The van der Waals surface area contributed by atoms with E-state index in [4.69, 9.17) is 9.97 Å². The molecule has 11 rings (SSSR count). The SMILES string of the molecule is c1ccc(-c2cc(-c3ccccc3)nc(-c3cccc(-c4cccc(-c5cc6c(cc5-c5ccccc5)-c5ccccc5C6(c5ccccc5)c5ccccc5)c4)c3)n2)cc1. The Hall–Kier alpha value is -7.94. The first kappa shape index (κ1) is 36.2. The van der Waals surface area contributed by atoms with Crippen LogP contribution in [0.2, 0.25) is 0 Å². The first-order chi connectivity index (χ1) is 30.2. The monoisotopic (exact) mass is 776 g/mol. The molecule has 0 saturated heterocycles. The molecule has 0 amide bonds. The lowest BCUT2D eigenvalue weighted by Gasteiger charge is -2.34. The van der Waals surface area contributed by atoms with Gasteiger partial charge in [0.2, 0.25) is 0 Å². The molecule has 0 unspecified atom stereocenters. The molecule has 1 aliphatic carbocycles. The average Bonchev–Trinajstić information content (AvgIpc) is 3.65. The molecule has 0 bridgehead atoms. The van der Waals surface area contributed by atoms with Crippen molar-refractivity contribution in [3.8, 4) is 78.4 Å². The van der Waals surface area contributed by atoms with Crippen molar-refractivity contribution >= 4 is 0 Å². The summed E-state index contributed by atoms with van der Waals surface area (Å²) < 4.78 is 0. The van der Waals surface area contributed by atoms with Crippen LogP contribution in [0.1, 0.15) is 22.3 Å². The van der Waals surface area contributed by atoms with Gasteiger partial charge in [0.15, 0.2) is 5.82 Å². The lowest BCUT2D eigenvalue weighted by atomic mass is 9.67. The summed E-state index contributed by atoms with van der Waals surface area (Å²) in [7, 11) is 0. The maximum atomic E-state index is 5.15. The number of hydrogen-bond acceptors (Lipinski definition) is 2. The number of benzene rings is 9. The normalized spacial score (nSPS) is 12.4. The van der Waals surface area contributed by atoms with Crippen LogP contribution in [0.4, 0.5) is 0 Å². The second kappa shape index (κ2) is 15.3. The lowest BCUT2D eigenvalue weighted by Crippen LogP contribution is -2.28. The van der Waals surface area contributed by atoms with Gasteiger partial charge < -0.3 is 0 Å². The molecular formula is C59H40N2. The van der Waals surface area contributed by atoms with E-state index in [0.29, 0.717) is 5.82 Å². The van der Waals surface area contributed by atoms with Gasteiger partial charge in [-0.3, -0.25) is 0 Å². The predicted octanol–water partition coefficient (Wildman–Crippen LogP) is 14.8. The van der Waals surface area contributed by atoms with Crippen LogP contribution in [0.3, 0.4) is 0 Å². The summed E-state index contributed by atoms with van der Waals surface area (Å²) in [5.41, 5.74) is 19.0. The molecule has 0 radical (unpaired) electrons. The molecule has 0 aliphatic heterocycles. The first-order valence-corrected chi connectivity index (χ1v) is 20.9. The lowest BCUT2D eigenvalue weighted by molar-refractivity contribution is 0.769. The number of hydrogen-bond donors (Lipinski definition) is 0. The first-order valence-electron chi connectivity index (χ1n) is 20.9. The molecule has 61 heavy (non-hydrogen) atoms.